The maximum atomic E-state index is 13.8. The van der Waals surface area contributed by atoms with Gasteiger partial charge >= 0.3 is 5.97 Å². The summed E-state index contributed by atoms with van der Waals surface area (Å²) in [5.41, 5.74) is 1.66. The van der Waals surface area contributed by atoms with Gasteiger partial charge in [-0.25, -0.2) is 4.79 Å². The van der Waals surface area contributed by atoms with Gasteiger partial charge in [-0.1, -0.05) is 95.2 Å². The highest BCUT2D eigenvalue weighted by Crippen LogP contribution is 2.44. The summed E-state index contributed by atoms with van der Waals surface area (Å²) in [6.07, 6.45) is 28.8. The van der Waals surface area contributed by atoms with Crippen LogP contribution in [0.5, 0.6) is 0 Å². The van der Waals surface area contributed by atoms with Gasteiger partial charge in [0.25, 0.3) is 0 Å². The van der Waals surface area contributed by atoms with E-state index in [4.69, 9.17) is 15.9 Å². The van der Waals surface area contributed by atoms with Crippen LogP contribution >= 0.6 is 21.6 Å². The molecule has 0 saturated carbocycles. The van der Waals surface area contributed by atoms with E-state index in [1.165, 1.54) is 11.6 Å². The van der Waals surface area contributed by atoms with Crippen LogP contribution in [0.3, 0.4) is 0 Å². The van der Waals surface area contributed by atoms with Crippen LogP contribution in [-0.4, -0.2) is 82.3 Å². The van der Waals surface area contributed by atoms with Gasteiger partial charge in [0.15, 0.2) is 0 Å². The number of hydrogen-bond acceptors (Lipinski definition) is 8. The Morgan fingerprint density at radius 2 is 2.00 bits per heavy atom. The fourth-order valence-corrected chi connectivity index (χ4v) is 8.78. The molecular weight excluding hydrogens is 681 g/mol. The number of piperidine rings is 1. The third-order valence-corrected chi connectivity index (χ3v) is 11.9. The number of aliphatic hydroxyl groups excluding tert-OH is 1. The molecule has 2 N–H and O–H groups in total. The van der Waals surface area contributed by atoms with E-state index in [1.807, 2.05) is 49.1 Å². The number of aliphatic hydroxyl groups is 1. The van der Waals surface area contributed by atoms with Crippen molar-refractivity contribution in [2.75, 3.05) is 24.6 Å². The van der Waals surface area contributed by atoms with Crippen molar-refractivity contribution < 1.29 is 29.0 Å². The molecule has 0 aromatic carbocycles. The molecule has 8 nitrogen and oxygen atoms in total. The molecule has 3 rings (SSSR count). The molecule has 3 aliphatic heterocycles. The molecule has 7 atom stereocenters. The molecule has 0 unspecified atom stereocenters. The highest BCUT2D eigenvalue weighted by Gasteiger charge is 2.52. The number of carbonyl (C=O) groups excluding carboxylic acids is 3. The standard InChI is InChI=1S/C41H58N2O6S2/c1-7-9-17-38(45)42-23-26-51-50-25-21-39(46)43-24-12-22-41(29-35(44)33(6)36(49-41)13-8-2)37(43)16-10-14-30(3)27-32(5)28-31(4)19-20-34-15-11-18-40(47)48-34/h1,8,10-11,13-14,16,18-20,28,32-37,44H,9,12,15,17,21-27,29H2,2-6H3,(H,42,45)/b13-8+,16-10+,20-19+,30-14+,31-28-/t32-,33+,34-,35-,36+,37-,41+/m1/s1. The fraction of sp³-hybridized carbons (Fsp3) is 0.585. The molecule has 0 aromatic rings. The molecule has 2 saturated heterocycles. The fourth-order valence-electron chi connectivity index (χ4n) is 6.89. The first-order valence-corrected chi connectivity index (χ1v) is 20.8. The van der Waals surface area contributed by atoms with Crippen LogP contribution < -0.4 is 5.32 Å². The lowest BCUT2D eigenvalue weighted by atomic mass is 9.74. The van der Waals surface area contributed by atoms with Crippen LogP contribution in [0.25, 0.3) is 0 Å². The smallest absolute Gasteiger partial charge is 0.331 e. The number of hydrogen-bond donors (Lipinski definition) is 2. The summed E-state index contributed by atoms with van der Waals surface area (Å²) in [6.45, 7) is 11.6. The molecule has 280 valence electrons. The van der Waals surface area contributed by atoms with Gasteiger partial charge in [0, 0.05) is 68.7 Å². The molecule has 0 radical (unpaired) electrons. The van der Waals surface area contributed by atoms with Gasteiger partial charge in [0.2, 0.25) is 11.8 Å². The topological polar surface area (TPSA) is 105 Å². The molecule has 3 heterocycles. The van der Waals surface area contributed by atoms with Crippen molar-refractivity contribution in [3.05, 3.63) is 71.9 Å². The Morgan fingerprint density at radius 3 is 2.75 bits per heavy atom. The quantitative estimate of drug-likeness (QED) is 0.0401. The molecule has 2 amide bonds. The lowest BCUT2D eigenvalue weighted by Crippen LogP contribution is -2.64. The average Bonchev–Trinajstić information content (AvgIpc) is 3.08. The number of likely N-dealkylation sites (tertiary alicyclic amines) is 1. The zero-order valence-corrected chi connectivity index (χ0v) is 32.7. The SMILES string of the molecule is C#CCCC(=O)NCCSSCCC(=O)N1CCC[C@]2(C[C@@H](O)[C@H](C)[C@H](/C=C/C)O2)[C@H]1/C=C/C=C(\C)C[C@@H](C)/C=C(C)\C=C\[C@H]1CC=CC(=O)O1. The van der Waals surface area contributed by atoms with Crippen molar-refractivity contribution in [3.63, 3.8) is 0 Å². The summed E-state index contributed by atoms with van der Waals surface area (Å²) in [6, 6.07) is -0.304. The lowest BCUT2D eigenvalue weighted by molar-refractivity contribution is -0.208. The van der Waals surface area contributed by atoms with Crippen LogP contribution in [0.1, 0.15) is 86.0 Å². The first-order valence-electron chi connectivity index (χ1n) is 18.3. The van der Waals surface area contributed by atoms with Crippen LogP contribution in [-0.2, 0) is 23.9 Å². The van der Waals surface area contributed by atoms with Gasteiger partial charge in [-0.15, -0.1) is 12.3 Å². The predicted molar refractivity (Wildman–Crippen MR) is 211 cm³/mol. The van der Waals surface area contributed by atoms with E-state index in [9.17, 15) is 19.5 Å². The lowest BCUT2D eigenvalue weighted by Gasteiger charge is -2.54. The van der Waals surface area contributed by atoms with Gasteiger partial charge in [-0.2, -0.15) is 0 Å². The zero-order valence-electron chi connectivity index (χ0n) is 31.1. The Bertz CT molecular complexity index is 1390. The summed E-state index contributed by atoms with van der Waals surface area (Å²) >= 11 is 0. The normalized spacial score (nSPS) is 28.1. The summed E-state index contributed by atoms with van der Waals surface area (Å²) in [4.78, 5) is 39.0. The summed E-state index contributed by atoms with van der Waals surface area (Å²) in [7, 11) is 3.29. The largest absolute Gasteiger partial charge is 0.455 e. The maximum absolute atomic E-state index is 13.8. The number of cyclic esters (lactones) is 1. The van der Waals surface area contributed by atoms with Gasteiger partial charge in [-0.3, -0.25) is 9.59 Å². The monoisotopic (exact) mass is 738 g/mol. The van der Waals surface area contributed by atoms with E-state index in [2.05, 4.69) is 56.3 Å². The van der Waals surface area contributed by atoms with E-state index in [0.29, 0.717) is 56.9 Å². The van der Waals surface area contributed by atoms with E-state index in [1.54, 1.807) is 21.6 Å². The third kappa shape index (κ3) is 14.2. The van der Waals surface area contributed by atoms with Crippen molar-refractivity contribution in [1.82, 2.24) is 10.2 Å². The second-order valence-electron chi connectivity index (χ2n) is 13.8. The van der Waals surface area contributed by atoms with Crippen molar-refractivity contribution in [2.24, 2.45) is 11.8 Å². The summed E-state index contributed by atoms with van der Waals surface area (Å²) < 4.78 is 12.2. The second-order valence-corrected chi connectivity index (χ2v) is 16.6. The molecule has 0 aromatic heterocycles. The number of allylic oxidation sites excluding steroid dienone is 7. The Labute approximate surface area is 314 Å². The molecule has 2 fully saturated rings. The van der Waals surface area contributed by atoms with Gasteiger partial charge in [-0.05, 0) is 52.0 Å². The molecule has 3 aliphatic rings. The van der Waals surface area contributed by atoms with Crippen LogP contribution in [0.15, 0.2) is 71.9 Å². The Kier molecular flexibility index (Phi) is 18.5. The minimum atomic E-state index is -0.677. The van der Waals surface area contributed by atoms with Gasteiger partial charge in [0.05, 0.1) is 23.9 Å². The number of esters is 1. The van der Waals surface area contributed by atoms with Crippen molar-refractivity contribution in [3.8, 4) is 12.3 Å². The molecule has 51 heavy (non-hydrogen) atoms. The number of terminal acetylenes is 1. The number of ether oxygens (including phenoxy) is 2. The third-order valence-electron chi connectivity index (χ3n) is 9.44. The van der Waals surface area contributed by atoms with Gasteiger partial charge in [0.1, 0.15) is 6.10 Å². The van der Waals surface area contributed by atoms with E-state index in [0.717, 1.165) is 30.6 Å². The number of amides is 2. The average molecular weight is 739 g/mol. The van der Waals surface area contributed by atoms with Crippen LogP contribution in [0.4, 0.5) is 0 Å². The first-order chi connectivity index (χ1) is 24.5. The predicted octanol–water partition coefficient (Wildman–Crippen LogP) is 7.28. The Hall–Kier alpha value is -2.97. The highest BCUT2D eigenvalue weighted by molar-refractivity contribution is 8.76. The van der Waals surface area contributed by atoms with E-state index in [-0.39, 0.29) is 42.0 Å². The summed E-state index contributed by atoms with van der Waals surface area (Å²) in [5, 5.41) is 14.1. The highest BCUT2D eigenvalue weighted by atomic mass is 33.1. The van der Waals surface area contributed by atoms with Crippen LogP contribution in [0, 0.1) is 24.2 Å². The van der Waals surface area contributed by atoms with E-state index < -0.39 is 11.7 Å². The Balaban J connectivity index is 1.66. The maximum Gasteiger partial charge on any atom is 0.331 e. The molecule has 1 spiro atoms. The first kappa shape index (κ1) is 42.4. The minimum Gasteiger partial charge on any atom is -0.455 e. The zero-order chi connectivity index (χ0) is 37.2. The van der Waals surface area contributed by atoms with Gasteiger partial charge < -0.3 is 24.8 Å². The molecule has 0 bridgehead atoms. The number of carbonyl (C=O) groups is 3. The number of rotatable bonds is 17. The van der Waals surface area contributed by atoms with Crippen molar-refractivity contribution in [1.29, 1.82) is 0 Å². The molecule has 0 aliphatic carbocycles. The minimum absolute atomic E-state index is 0.0356. The summed E-state index contributed by atoms with van der Waals surface area (Å²) in [5.74, 6) is 3.90. The van der Waals surface area contributed by atoms with Crippen molar-refractivity contribution >= 4 is 39.4 Å². The number of nitrogens with one attached hydrogen (secondary N) is 1. The second kappa shape index (κ2) is 22.2. The van der Waals surface area contributed by atoms with Crippen LogP contribution in [0.2, 0.25) is 0 Å². The molecular formula is C41H58N2O6S2. The number of nitrogens with zero attached hydrogens (tertiary/aromatic N) is 1. The van der Waals surface area contributed by atoms with Crippen molar-refractivity contribution in [2.45, 2.75) is 116 Å². The van der Waals surface area contributed by atoms with E-state index >= 15 is 0 Å². The Morgan fingerprint density at radius 1 is 1.22 bits per heavy atom. The molecule has 10 heteroatoms.